The standard InChI is InChI=1S/C12H16N4O2/c1-9(15-16(2)3)8-13-14-11-6-4-10(5-7-11)12(17)18/h4-8,14H,1-3H3,(H,17,18)/b13-8+,15-9+. The Kier molecular flexibility index (Phi) is 4.86. The van der Waals surface area contributed by atoms with E-state index in [2.05, 4.69) is 15.6 Å². The number of carboxylic acids is 1. The topological polar surface area (TPSA) is 77.3 Å². The molecule has 0 aliphatic heterocycles. The van der Waals surface area contributed by atoms with Gasteiger partial charge in [-0.3, -0.25) is 5.43 Å². The second kappa shape index (κ2) is 6.39. The molecule has 0 spiro atoms. The van der Waals surface area contributed by atoms with Gasteiger partial charge in [-0.25, -0.2) is 4.79 Å². The van der Waals surface area contributed by atoms with Crippen molar-refractivity contribution in [2.75, 3.05) is 19.5 Å². The van der Waals surface area contributed by atoms with E-state index >= 15 is 0 Å². The first-order valence-corrected chi connectivity index (χ1v) is 5.34. The molecule has 0 bridgehead atoms. The fraction of sp³-hybridized carbons (Fsp3) is 0.250. The van der Waals surface area contributed by atoms with E-state index in [1.54, 1.807) is 23.4 Å². The highest BCUT2D eigenvalue weighted by atomic mass is 16.4. The molecular weight excluding hydrogens is 232 g/mol. The molecule has 96 valence electrons. The lowest BCUT2D eigenvalue weighted by molar-refractivity contribution is 0.0697. The number of anilines is 1. The highest BCUT2D eigenvalue weighted by Crippen LogP contribution is 2.09. The van der Waals surface area contributed by atoms with Crippen LogP contribution in [0.3, 0.4) is 0 Å². The van der Waals surface area contributed by atoms with Crippen LogP contribution in [0.1, 0.15) is 17.3 Å². The van der Waals surface area contributed by atoms with Gasteiger partial charge >= 0.3 is 5.97 Å². The number of nitrogens with zero attached hydrogens (tertiary/aromatic N) is 3. The van der Waals surface area contributed by atoms with Crippen molar-refractivity contribution in [3.05, 3.63) is 29.8 Å². The quantitative estimate of drug-likeness (QED) is 0.614. The predicted molar refractivity (Wildman–Crippen MR) is 72.3 cm³/mol. The Labute approximate surface area is 106 Å². The largest absolute Gasteiger partial charge is 0.478 e. The lowest BCUT2D eigenvalue weighted by Gasteiger charge is -2.04. The second-order valence-electron chi connectivity index (χ2n) is 3.84. The summed E-state index contributed by atoms with van der Waals surface area (Å²) in [5.41, 5.74) is 4.51. The van der Waals surface area contributed by atoms with E-state index in [1.165, 1.54) is 12.1 Å². The zero-order valence-corrected chi connectivity index (χ0v) is 10.6. The molecule has 0 amide bonds. The van der Waals surface area contributed by atoms with Crippen molar-refractivity contribution in [1.29, 1.82) is 0 Å². The van der Waals surface area contributed by atoms with Gasteiger partial charge in [0.2, 0.25) is 0 Å². The van der Waals surface area contributed by atoms with Crippen molar-refractivity contribution < 1.29 is 9.90 Å². The lowest BCUT2D eigenvalue weighted by atomic mass is 10.2. The number of nitrogens with one attached hydrogen (secondary N) is 1. The zero-order chi connectivity index (χ0) is 13.5. The molecule has 1 rings (SSSR count). The van der Waals surface area contributed by atoms with Crippen LogP contribution in [0.2, 0.25) is 0 Å². The molecule has 1 aromatic carbocycles. The maximum Gasteiger partial charge on any atom is 0.335 e. The highest BCUT2D eigenvalue weighted by molar-refractivity contribution is 6.29. The molecule has 0 atom stereocenters. The van der Waals surface area contributed by atoms with E-state index in [9.17, 15) is 4.79 Å². The molecular formula is C12H16N4O2. The van der Waals surface area contributed by atoms with Crippen LogP contribution in [-0.2, 0) is 0 Å². The van der Waals surface area contributed by atoms with Gasteiger partial charge in [0.15, 0.2) is 0 Å². The van der Waals surface area contributed by atoms with Crippen molar-refractivity contribution in [3.63, 3.8) is 0 Å². The maximum atomic E-state index is 10.6. The van der Waals surface area contributed by atoms with Gasteiger partial charge in [0.25, 0.3) is 0 Å². The lowest BCUT2D eigenvalue weighted by Crippen LogP contribution is -2.07. The fourth-order valence-electron chi connectivity index (χ4n) is 1.23. The molecule has 0 saturated carbocycles. The van der Waals surface area contributed by atoms with Crippen LogP contribution in [0, 0.1) is 0 Å². The van der Waals surface area contributed by atoms with Gasteiger partial charge in [-0.2, -0.15) is 10.2 Å². The van der Waals surface area contributed by atoms with Gasteiger partial charge in [-0.1, -0.05) is 0 Å². The summed E-state index contributed by atoms with van der Waals surface area (Å²) in [4.78, 5) is 10.6. The zero-order valence-electron chi connectivity index (χ0n) is 10.6. The third kappa shape index (κ3) is 4.65. The summed E-state index contributed by atoms with van der Waals surface area (Å²) in [5.74, 6) is -0.945. The average Bonchev–Trinajstić information content (AvgIpc) is 2.28. The van der Waals surface area contributed by atoms with E-state index in [0.29, 0.717) is 5.69 Å². The van der Waals surface area contributed by atoms with Crippen molar-refractivity contribution in [2.24, 2.45) is 10.2 Å². The van der Waals surface area contributed by atoms with Gasteiger partial charge < -0.3 is 10.1 Å². The molecule has 0 radical (unpaired) electrons. The summed E-state index contributed by atoms with van der Waals surface area (Å²) in [7, 11) is 3.66. The van der Waals surface area contributed by atoms with Gasteiger partial charge in [0.1, 0.15) is 0 Å². The number of carboxylic acid groups (broad SMARTS) is 1. The molecule has 6 nitrogen and oxygen atoms in total. The SMILES string of the molecule is CC(/C=N/Nc1ccc(C(=O)O)cc1)=N\N(C)C. The summed E-state index contributed by atoms with van der Waals surface area (Å²) in [6.07, 6.45) is 1.59. The molecule has 0 saturated heterocycles. The number of hydrazone groups is 2. The van der Waals surface area contributed by atoms with Crippen LogP contribution >= 0.6 is 0 Å². The van der Waals surface area contributed by atoms with Crippen LogP contribution in [-0.4, -0.2) is 42.1 Å². The summed E-state index contributed by atoms with van der Waals surface area (Å²) in [6, 6.07) is 6.33. The van der Waals surface area contributed by atoms with E-state index in [1.807, 2.05) is 21.0 Å². The molecule has 0 aliphatic carbocycles. The minimum atomic E-state index is -0.945. The van der Waals surface area contributed by atoms with Gasteiger partial charge in [0.05, 0.1) is 23.2 Å². The van der Waals surface area contributed by atoms with E-state index in [0.717, 1.165) is 5.71 Å². The molecule has 0 aliphatic rings. The number of benzene rings is 1. The number of hydrogen-bond donors (Lipinski definition) is 2. The molecule has 1 aromatic rings. The minimum absolute atomic E-state index is 0.245. The van der Waals surface area contributed by atoms with Crippen molar-refractivity contribution in [1.82, 2.24) is 5.01 Å². The molecule has 2 N–H and O–H groups in total. The van der Waals surface area contributed by atoms with Crippen LogP contribution in [0.5, 0.6) is 0 Å². The van der Waals surface area contributed by atoms with E-state index < -0.39 is 5.97 Å². The summed E-state index contributed by atoms with van der Waals surface area (Å²) in [5, 5.41) is 18.5. The smallest absolute Gasteiger partial charge is 0.335 e. The minimum Gasteiger partial charge on any atom is -0.478 e. The Hall–Kier alpha value is -2.37. The van der Waals surface area contributed by atoms with Gasteiger partial charge in [-0.15, -0.1) is 0 Å². The first-order chi connectivity index (χ1) is 8.49. The number of carbonyl (C=O) groups is 1. The van der Waals surface area contributed by atoms with Crippen LogP contribution < -0.4 is 5.43 Å². The van der Waals surface area contributed by atoms with E-state index in [-0.39, 0.29) is 5.56 Å². The van der Waals surface area contributed by atoms with Crippen molar-refractivity contribution in [3.8, 4) is 0 Å². The molecule has 0 aromatic heterocycles. The van der Waals surface area contributed by atoms with Crippen LogP contribution in [0.4, 0.5) is 5.69 Å². The van der Waals surface area contributed by atoms with Crippen LogP contribution in [0.15, 0.2) is 34.5 Å². The van der Waals surface area contributed by atoms with Gasteiger partial charge in [0, 0.05) is 14.1 Å². The number of aromatic carboxylic acids is 1. The Bertz CT molecular complexity index is 463. The average molecular weight is 248 g/mol. The molecule has 18 heavy (non-hydrogen) atoms. The molecule has 0 fully saturated rings. The number of rotatable bonds is 5. The molecule has 0 unspecified atom stereocenters. The third-order valence-electron chi connectivity index (χ3n) is 1.93. The Morgan fingerprint density at radius 3 is 2.44 bits per heavy atom. The highest BCUT2D eigenvalue weighted by Gasteiger charge is 2.00. The summed E-state index contributed by atoms with van der Waals surface area (Å²) < 4.78 is 0. The molecule has 0 heterocycles. The Balaban J connectivity index is 2.59. The number of hydrogen-bond acceptors (Lipinski definition) is 5. The summed E-state index contributed by atoms with van der Waals surface area (Å²) in [6.45, 7) is 1.83. The Morgan fingerprint density at radius 2 is 1.94 bits per heavy atom. The van der Waals surface area contributed by atoms with Crippen molar-refractivity contribution in [2.45, 2.75) is 6.92 Å². The van der Waals surface area contributed by atoms with Crippen LogP contribution in [0.25, 0.3) is 0 Å². The first kappa shape index (κ1) is 13.7. The summed E-state index contributed by atoms with van der Waals surface area (Å²) >= 11 is 0. The second-order valence-corrected chi connectivity index (χ2v) is 3.84. The van der Waals surface area contributed by atoms with Gasteiger partial charge in [-0.05, 0) is 31.2 Å². The molecule has 6 heteroatoms. The third-order valence-corrected chi connectivity index (χ3v) is 1.93. The van der Waals surface area contributed by atoms with E-state index in [4.69, 9.17) is 5.11 Å². The van der Waals surface area contributed by atoms with Crippen molar-refractivity contribution >= 4 is 23.6 Å². The monoisotopic (exact) mass is 248 g/mol. The Morgan fingerprint density at radius 1 is 1.33 bits per heavy atom. The first-order valence-electron chi connectivity index (χ1n) is 5.34. The predicted octanol–water partition coefficient (Wildman–Crippen LogP) is 1.72. The maximum absolute atomic E-state index is 10.6. The normalized spacial score (nSPS) is 11.6. The fourth-order valence-corrected chi connectivity index (χ4v) is 1.23.